The van der Waals surface area contributed by atoms with Gasteiger partial charge in [-0.1, -0.05) is 54.3 Å². The van der Waals surface area contributed by atoms with Crippen molar-refractivity contribution in [3.8, 4) is 0 Å². The molecule has 2 aromatic carbocycles. The number of nitrogens with zero attached hydrogens (tertiary/aromatic N) is 2. The molecule has 0 radical (unpaired) electrons. The van der Waals surface area contributed by atoms with Crippen LogP contribution in [0.2, 0.25) is 0 Å². The smallest absolute Gasteiger partial charge is 0.269 e. The summed E-state index contributed by atoms with van der Waals surface area (Å²) in [6.07, 6.45) is 1.66. The highest BCUT2D eigenvalue weighted by atomic mass is 32.2. The fourth-order valence-corrected chi connectivity index (χ4v) is 3.91. The highest BCUT2D eigenvalue weighted by Crippen LogP contribution is 2.32. The number of rotatable bonds is 6. The number of carbonyl (C=O) groups is 3. The van der Waals surface area contributed by atoms with Crippen LogP contribution >= 0.6 is 24.0 Å². The maximum atomic E-state index is 12.6. The van der Waals surface area contributed by atoms with Gasteiger partial charge >= 0.3 is 0 Å². The molecule has 0 aliphatic carbocycles. The lowest BCUT2D eigenvalue weighted by Crippen LogP contribution is -2.43. The van der Waals surface area contributed by atoms with E-state index in [1.54, 1.807) is 6.08 Å². The number of nitro benzene ring substituents is 1. The highest BCUT2D eigenvalue weighted by Gasteiger charge is 2.32. The molecular formula is C20H16N4O5S2. The molecule has 1 fully saturated rings. The number of benzene rings is 2. The Morgan fingerprint density at radius 3 is 2.42 bits per heavy atom. The van der Waals surface area contributed by atoms with Gasteiger partial charge in [0.2, 0.25) is 5.91 Å². The summed E-state index contributed by atoms with van der Waals surface area (Å²) in [6, 6.07) is 14.3. The van der Waals surface area contributed by atoms with Gasteiger partial charge in [0.1, 0.15) is 4.32 Å². The first-order valence-corrected chi connectivity index (χ1v) is 10.2. The summed E-state index contributed by atoms with van der Waals surface area (Å²) in [6.45, 7) is 0.0655. The first kappa shape index (κ1) is 22.1. The topological polar surface area (TPSA) is 122 Å². The van der Waals surface area contributed by atoms with Crippen LogP contribution in [0.3, 0.4) is 0 Å². The molecule has 0 unspecified atom stereocenters. The van der Waals surface area contributed by atoms with E-state index in [2.05, 4.69) is 10.9 Å². The van der Waals surface area contributed by atoms with Crippen molar-refractivity contribution in [3.63, 3.8) is 0 Å². The summed E-state index contributed by atoms with van der Waals surface area (Å²) in [5.74, 6) is -1.42. The minimum Gasteiger partial charge on any atom is -0.292 e. The monoisotopic (exact) mass is 456 g/mol. The lowest BCUT2D eigenvalue weighted by molar-refractivity contribution is -0.384. The second-order valence-electron chi connectivity index (χ2n) is 6.30. The summed E-state index contributed by atoms with van der Waals surface area (Å²) in [5.41, 5.74) is 5.34. The summed E-state index contributed by atoms with van der Waals surface area (Å²) in [4.78, 5) is 48.5. The predicted molar refractivity (Wildman–Crippen MR) is 120 cm³/mol. The number of hydrazine groups is 1. The molecule has 11 heteroatoms. The Balaban J connectivity index is 1.49. The Morgan fingerprint density at radius 2 is 1.77 bits per heavy atom. The van der Waals surface area contributed by atoms with Crippen LogP contribution in [-0.4, -0.2) is 38.4 Å². The fraction of sp³-hybridized carbons (Fsp3) is 0.100. The molecule has 1 heterocycles. The van der Waals surface area contributed by atoms with Crippen molar-refractivity contribution in [2.75, 3.05) is 6.54 Å². The van der Waals surface area contributed by atoms with Gasteiger partial charge in [-0.15, -0.1) is 0 Å². The van der Waals surface area contributed by atoms with Crippen LogP contribution in [0.5, 0.6) is 0 Å². The Kier molecular flexibility index (Phi) is 7.11. The van der Waals surface area contributed by atoms with Gasteiger partial charge in [0.05, 0.1) is 9.83 Å². The Hall–Kier alpha value is -3.57. The molecule has 3 rings (SSSR count). The van der Waals surface area contributed by atoms with E-state index in [1.165, 1.54) is 40.9 Å². The number of nitro groups is 1. The van der Waals surface area contributed by atoms with E-state index in [1.807, 2.05) is 30.3 Å². The van der Waals surface area contributed by atoms with E-state index in [9.17, 15) is 24.5 Å². The van der Waals surface area contributed by atoms with Gasteiger partial charge < -0.3 is 0 Å². The van der Waals surface area contributed by atoms with Crippen LogP contribution in [0.1, 0.15) is 22.3 Å². The van der Waals surface area contributed by atoms with Gasteiger partial charge in [-0.3, -0.25) is 40.2 Å². The van der Waals surface area contributed by atoms with Gasteiger partial charge in [0.15, 0.2) is 0 Å². The number of hydrogen-bond donors (Lipinski definition) is 2. The molecule has 158 valence electrons. The average Bonchev–Trinajstić information content (AvgIpc) is 3.03. The van der Waals surface area contributed by atoms with E-state index in [4.69, 9.17) is 12.2 Å². The van der Waals surface area contributed by atoms with Gasteiger partial charge in [-0.2, -0.15) is 0 Å². The zero-order chi connectivity index (χ0) is 22.4. The van der Waals surface area contributed by atoms with Gasteiger partial charge in [-0.05, 0) is 23.8 Å². The Morgan fingerprint density at radius 1 is 1.10 bits per heavy atom. The number of carbonyl (C=O) groups excluding carboxylic acids is 3. The number of non-ortho nitro benzene ring substituents is 1. The van der Waals surface area contributed by atoms with Crippen LogP contribution in [0, 0.1) is 10.1 Å². The summed E-state index contributed by atoms with van der Waals surface area (Å²) in [5, 5.41) is 10.6. The minimum absolute atomic E-state index is 0.0655. The van der Waals surface area contributed by atoms with E-state index >= 15 is 0 Å². The van der Waals surface area contributed by atoms with Crippen LogP contribution in [0.15, 0.2) is 59.5 Å². The molecule has 1 saturated heterocycles. The number of nitrogens with one attached hydrogen (secondary N) is 2. The molecule has 9 nitrogen and oxygen atoms in total. The van der Waals surface area contributed by atoms with E-state index in [-0.39, 0.29) is 30.1 Å². The molecule has 2 N–H and O–H groups in total. The van der Waals surface area contributed by atoms with Gasteiger partial charge in [0, 0.05) is 30.7 Å². The third-order valence-corrected chi connectivity index (χ3v) is 5.57. The Bertz CT molecular complexity index is 1070. The van der Waals surface area contributed by atoms with Crippen LogP contribution in [-0.2, 0) is 9.59 Å². The molecule has 1 aliphatic rings. The minimum atomic E-state index is -0.625. The lowest BCUT2D eigenvalue weighted by Gasteiger charge is -2.14. The van der Waals surface area contributed by atoms with Crippen molar-refractivity contribution in [2.45, 2.75) is 6.42 Å². The highest BCUT2D eigenvalue weighted by molar-refractivity contribution is 8.26. The molecule has 0 spiro atoms. The number of amides is 3. The zero-order valence-electron chi connectivity index (χ0n) is 15.9. The van der Waals surface area contributed by atoms with E-state index < -0.39 is 16.7 Å². The van der Waals surface area contributed by atoms with Gasteiger partial charge in [0.25, 0.3) is 17.5 Å². The molecular weight excluding hydrogens is 440 g/mol. The van der Waals surface area contributed by atoms with Crippen molar-refractivity contribution < 1.29 is 19.3 Å². The quantitative estimate of drug-likeness (QED) is 0.297. The number of thiocarbonyl (C=S) groups is 1. The summed E-state index contributed by atoms with van der Waals surface area (Å²) >= 11 is 6.41. The molecule has 2 aromatic rings. The third kappa shape index (κ3) is 5.74. The third-order valence-electron chi connectivity index (χ3n) is 4.19. The molecule has 0 saturated carbocycles. The van der Waals surface area contributed by atoms with Crippen LogP contribution in [0.25, 0.3) is 6.08 Å². The first-order chi connectivity index (χ1) is 14.8. The standard InChI is InChI=1S/C20H16N4O5S2/c25-17(21-22-18(26)14-6-8-15(9-7-14)24(28)29)10-11-23-19(27)16(31-20(23)30)12-13-4-2-1-3-5-13/h1-9,12H,10-11H2,(H,21,25)(H,22,26)/b16-12-. The maximum absolute atomic E-state index is 12.6. The second kappa shape index (κ2) is 9.96. The second-order valence-corrected chi connectivity index (χ2v) is 7.98. The fourth-order valence-electron chi connectivity index (χ4n) is 2.60. The number of thioether (sulfide) groups is 1. The van der Waals surface area contributed by atoms with Crippen LogP contribution < -0.4 is 10.9 Å². The van der Waals surface area contributed by atoms with E-state index in [0.717, 1.165) is 5.56 Å². The molecule has 0 atom stereocenters. The largest absolute Gasteiger partial charge is 0.292 e. The van der Waals surface area contributed by atoms with Crippen LogP contribution in [0.4, 0.5) is 5.69 Å². The summed E-state index contributed by atoms with van der Waals surface area (Å²) < 4.78 is 0.356. The zero-order valence-corrected chi connectivity index (χ0v) is 17.6. The van der Waals surface area contributed by atoms with E-state index in [0.29, 0.717) is 9.23 Å². The molecule has 31 heavy (non-hydrogen) atoms. The van der Waals surface area contributed by atoms with Crippen molar-refractivity contribution in [3.05, 3.63) is 80.7 Å². The van der Waals surface area contributed by atoms with Crippen molar-refractivity contribution in [1.82, 2.24) is 15.8 Å². The molecule has 0 bridgehead atoms. The van der Waals surface area contributed by atoms with Crippen molar-refractivity contribution >= 4 is 57.8 Å². The predicted octanol–water partition coefficient (Wildman–Crippen LogP) is 2.65. The Labute approximate surface area is 186 Å². The molecule has 3 amide bonds. The normalized spacial score (nSPS) is 14.6. The first-order valence-electron chi connectivity index (χ1n) is 8.99. The molecule has 1 aliphatic heterocycles. The molecule has 0 aromatic heterocycles. The number of hydrogen-bond acceptors (Lipinski definition) is 7. The van der Waals surface area contributed by atoms with Crippen molar-refractivity contribution in [2.24, 2.45) is 0 Å². The maximum Gasteiger partial charge on any atom is 0.269 e. The van der Waals surface area contributed by atoms with Gasteiger partial charge in [-0.25, -0.2) is 0 Å². The lowest BCUT2D eigenvalue weighted by atomic mass is 10.2. The average molecular weight is 457 g/mol. The van der Waals surface area contributed by atoms with Crippen molar-refractivity contribution in [1.29, 1.82) is 0 Å². The SMILES string of the molecule is O=C(CCN1C(=O)/C(=C/c2ccccc2)SC1=S)NNC(=O)c1ccc([N+](=O)[O-])cc1. The summed E-state index contributed by atoms with van der Waals surface area (Å²) in [7, 11) is 0.